The quantitative estimate of drug-likeness (QED) is 0.535. The minimum Gasteiger partial charge on any atom is -0.466 e. The number of ether oxygens (including phenoxy) is 1. The molecule has 1 N–H and O–H groups in total. The van der Waals surface area contributed by atoms with E-state index in [9.17, 15) is 9.90 Å². The molecule has 0 heterocycles. The van der Waals surface area contributed by atoms with Gasteiger partial charge in [-0.2, -0.15) is 0 Å². The van der Waals surface area contributed by atoms with Gasteiger partial charge in [0.05, 0.1) is 13.2 Å². The van der Waals surface area contributed by atoms with Crippen LogP contribution in [0.15, 0.2) is 23.8 Å². The van der Waals surface area contributed by atoms with Crippen LogP contribution in [0.25, 0.3) is 0 Å². The van der Waals surface area contributed by atoms with Crippen LogP contribution in [0.4, 0.5) is 0 Å². The predicted octanol–water partition coefficient (Wildman–Crippen LogP) is 1.29. The Labute approximate surface area is 94.8 Å². The largest absolute Gasteiger partial charge is 0.466 e. The first-order valence-corrected chi connectivity index (χ1v) is 5.75. The number of esters is 1. The summed E-state index contributed by atoms with van der Waals surface area (Å²) in [6, 6.07) is 0. The molecule has 0 aromatic heterocycles. The zero-order valence-electron chi connectivity index (χ0n) is 9.51. The fourth-order valence-corrected chi connectivity index (χ4v) is 3.87. The van der Waals surface area contributed by atoms with E-state index in [2.05, 4.69) is 19.1 Å². The van der Waals surface area contributed by atoms with E-state index in [1.54, 1.807) is 0 Å². The summed E-state index contributed by atoms with van der Waals surface area (Å²) in [5, 5.41) is 10.2. The van der Waals surface area contributed by atoms with Crippen LogP contribution in [0, 0.1) is 23.2 Å². The van der Waals surface area contributed by atoms with Crippen LogP contribution < -0.4 is 0 Å². The molecule has 0 aliphatic heterocycles. The van der Waals surface area contributed by atoms with Crippen LogP contribution in [0.3, 0.4) is 0 Å². The maximum atomic E-state index is 11.6. The number of carbonyl (C=O) groups excluding carboxylic acids is 1. The Morgan fingerprint density at radius 1 is 1.62 bits per heavy atom. The maximum Gasteiger partial charge on any atom is 0.333 e. The van der Waals surface area contributed by atoms with Crippen LogP contribution in [-0.2, 0) is 9.53 Å². The standard InChI is InChI=1S/C13H16O3/c1-13-5-3-4-8(13)10-7(12(15)16-2)6-9(13)11(10)14/h3,5-6,8-11,14H,4H2,1-2H3/t8-,9+,10+,11+,13-/m0/s1. The Morgan fingerprint density at radius 2 is 2.38 bits per heavy atom. The monoisotopic (exact) mass is 220 g/mol. The number of hydrogen-bond donors (Lipinski definition) is 1. The molecule has 5 atom stereocenters. The topological polar surface area (TPSA) is 46.5 Å². The average molecular weight is 220 g/mol. The van der Waals surface area contributed by atoms with Crippen molar-refractivity contribution in [2.24, 2.45) is 23.2 Å². The van der Waals surface area contributed by atoms with Crippen LogP contribution in [0.5, 0.6) is 0 Å². The van der Waals surface area contributed by atoms with E-state index >= 15 is 0 Å². The molecular weight excluding hydrogens is 204 g/mol. The van der Waals surface area contributed by atoms with Crippen molar-refractivity contribution in [2.45, 2.75) is 19.4 Å². The molecule has 0 unspecified atom stereocenters. The summed E-state index contributed by atoms with van der Waals surface area (Å²) in [7, 11) is 1.40. The minimum atomic E-state index is -0.408. The lowest BCUT2D eigenvalue weighted by Gasteiger charge is -2.33. The summed E-state index contributed by atoms with van der Waals surface area (Å²) in [6.07, 6.45) is 6.85. The Balaban J connectivity index is 2.02. The SMILES string of the molecule is COC(=O)C1=C[C@@H]2[C@@H](O)[C@H]1[C@@H]1CC=C[C@]21C. The van der Waals surface area contributed by atoms with Crippen molar-refractivity contribution in [2.75, 3.05) is 7.11 Å². The molecule has 0 aromatic rings. The van der Waals surface area contributed by atoms with E-state index in [4.69, 9.17) is 4.74 Å². The van der Waals surface area contributed by atoms with Crippen LogP contribution in [-0.4, -0.2) is 24.3 Å². The summed E-state index contributed by atoms with van der Waals surface area (Å²) in [5.41, 5.74) is 0.730. The minimum absolute atomic E-state index is 0.0301. The molecule has 3 rings (SSSR count). The molecule has 0 amide bonds. The highest BCUT2D eigenvalue weighted by Gasteiger charge is 2.62. The van der Waals surface area contributed by atoms with Gasteiger partial charge in [-0.05, 0) is 17.8 Å². The highest BCUT2D eigenvalue weighted by molar-refractivity contribution is 5.90. The number of aliphatic hydroxyl groups is 1. The molecule has 1 saturated carbocycles. The number of hydrogen-bond acceptors (Lipinski definition) is 3. The van der Waals surface area contributed by atoms with Gasteiger partial charge in [0.25, 0.3) is 0 Å². The smallest absolute Gasteiger partial charge is 0.333 e. The van der Waals surface area contributed by atoms with Crippen molar-refractivity contribution >= 4 is 5.97 Å². The predicted molar refractivity (Wildman–Crippen MR) is 58.4 cm³/mol. The highest BCUT2D eigenvalue weighted by Crippen LogP contribution is 2.62. The van der Waals surface area contributed by atoms with Crippen LogP contribution in [0.1, 0.15) is 13.3 Å². The van der Waals surface area contributed by atoms with E-state index in [1.807, 2.05) is 6.08 Å². The number of methoxy groups -OCH3 is 1. The van der Waals surface area contributed by atoms with Gasteiger partial charge in [-0.3, -0.25) is 0 Å². The van der Waals surface area contributed by atoms with Gasteiger partial charge in [-0.15, -0.1) is 0 Å². The molecule has 0 saturated heterocycles. The number of rotatable bonds is 1. The molecule has 3 aliphatic rings. The second kappa shape index (κ2) is 2.98. The fourth-order valence-electron chi connectivity index (χ4n) is 3.87. The van der Waals surface area contributed by atoms with Gasteiger partial charge in [0.2, 0.25) is 0 Å². The van der Waals surface area contributed by atoms with Crippen LogP contribution in [0.2, 0.25) is 0 Å². The molecule has 16 heavy (non-hydrogen) atoms. The van der Waals surface area contributed by atoms with Gasteiger partial charge in [-0.25, -0.2) is 4.79 Å². The number of aliphatic hydroxyl groups excluding tert-OH is 1. The van der Waals surface area contributed by atoms with Gasteiger partial charge in [0.15, 0.2) is 0 Å². The van der Waals surface area contributed by atoms with E-state index in [-0.39, 0.29) is 23.2 Å². The molecule has 1 fully saturated rings. The zero-order chi connectivity index (χ0) is 11.5. The lowest BCUT2D eigenvalue weighted by Crippen LogP contribution is -2.29. The first-order chi connectivity index (χ1) is 7.59. The van der Waals surface area contributed by atoms with Gasteiger partial charge in [-0.1, -0.05) is 25.2 Å². The third kappa shape index (κ3) is 0.950. The van der Waals surface area contributed by atoms with E-state index < -0.39 is 6.10 Å². The fraction of sp³-hybridized carbons (Fsp3) is 0.615. The summed E-state index contributed by atoms with van der Waals surface area (Å²) in [5.74, 6) is 0.139. The van der Waals surface area contributed by atoms with Gasteiger partial charge >= 0.3 is 5.97 Å². The molecule has 0 spiro atoms. The van der Waals surface area contributed by atoms with Gasteiger partial charge in [0, 0.05) is 17.4 Å². The average Bonchev–Trinajstić information content (AvgIpc) is 2.85. The Morgan fingerprint density at radius 3 is 3.06 bits per heavy atom. The van der Waals surface area contributed by atoms with Gasteiger partial charge < -0.3 is 9.84 Å². The third-order valence-electron chi connectivity index (χ3n) is 4.69. The van der Waals surface area contributed by atoms with E-state index in [1.165, 1.54) is 7.11 Å². The summed E-state index contributed by atoms with van der Waals surface area (Å²) in [6.45, 7) is 2.18. The first-order valence-electron chi connectivity index (χ1n) is 5.75. The normalized spacial score (nSPS) is 48.1. The zero-order valence-corrected chi connectivity index (χ0v) is 9.51. The molecule has 3 nitrogen and oxygen atoms in total. The molecule has 86 valence electrons. The molecular formula is C13H16O3. The summed E-state index contributed by atoms with van der Waals surface area (Å²) < 4.78 is 4.78. The molecule has 3 heteroatoms. The number of carbonyl (C=O) groups is 1. The van der Waals surface area contributed by atoms with Crippen molar-refractivity contribution in [1.29, 1.82) is 0 Å². The van der Waals surface area contributed by atoms with Crippen molar-refractivity contribution in [3.05, 3.63) is 23.8 Å². The lowest BCUT2D eigenvalue weighted by atomic mass is 9.70. The second-order valence-corrected chi connectivity index (χ2v) is 5.27. The maximum absolute atomic E-state index is 11.6. The third-order valence-corrected chi connectivity index (χ3v) is 4.69. The van der Waals surface area contributed by atoms with Crippen molar-refractivity contribution in [3.8, 4) is 0 Å². The summed E-state index contributed by atoms with van der Waals surface area (Å²) >= 11 is 0. The molecule has 2 bridgehead atoms. The lowest BCUT2D eigenvalue weighted by molar-refractivity contribution is -0.137. The molecule has 0 radical (unpaired) electrons. The van der Waals surface area contributed by atoms with Gasteiger partial charge in [0.1, 0.15) is 0 Å². The van der Waals surface area contributed by atoms with E-state index in [0.29, 0.717) is 11.5 Å². The van der Waals surface area contributed by atoms with Crippen molar-refractivity contribution < 1.29 is 14.6 Å². The first kappa shape index (κ1) is 10.1. The Kier molecular flexibility index (Phi) is 1.88. The number of fused-ring (bicyclic) bond motifs is 5. The van der Waals surface area contributed by atoms with Crippen molar-refractivity contribution in [3.63, 3.8) is 0 Å². The summed E-state index contributed by atoms with van der Waals surface area (Å²) in [4.78, 5) is 11.6. The molecule has 3 aliphatic carbocycles. The highest BCUT2D eigenvalue weighted by atomic mass is 16.5. The number of allylic oxidation sites excluding steroid dienone is 2. The molecule has 0 aromatic carbocycles. The van der Waals surface area contributed by atoms with Crippen LogP contribution >= 0.6 is 0 Å². The van der Waals surface area contributed by atoms with Crippen molar-refractivity contribution in [1.82, 2.24) is 0 Å². The Hall–Kier alpha value is -1.09. The Bertz CT molecular complexity index is 409. The van der Waals surface area contributed by atoms with E-state index in [0.717, 1.165) is 6.42 Å². The second-order valence-electron chi connectivity index (χ2n) is 5.27.